The van der Waals surface area contributed by atoms with Gasteiger partial charge in [-0.05, 0) is 57.4 Å². The van der Waals surface area contributed by atoms with Crippen LogP contribution < -0.4 is 9.64 Å². The number of benzene rings is 1. The Morgan fingerprint density at radius 1 is 1.17 bits per heavy atom. The first kappa shape index (κ1) is 23.3. The van der Waals surface area contributed by atoms with Crippen molar-refractivity contribution in [2.75, 3.05) is 50.7 Å². The molecule has 3 aromatic rings. The summed E-state index contributed by atoms with van der Waals surface area (Å²) in [5.41, 5.74) is 2.52. The van der Waals surface area contributed by atoms with Crippen molar-refractivity contribution in [3.05, 3.63) is 30.6 Å². The van der Waals surface area contributed by atoms with E-state index in [9.17, 15) is 4.79 Å². The summed E-state index contributed by atoms with van der Waals surface area (Å²) >= 11 is 0. The van der Waals surface area contributed by atoms with E-state index in [1.54, 1.807) is 6.33 Å². The second-order valence-corrected chi connectivity index (χ2v) is 9.71. The molecule has 2 fully saturated rings. The molecule has 2 aliphatic rings. The number of hydrogen-bond donors (Lipinski definition) is 2. The first-order chi connectivity index (χ1) is 17.0. The van der Waals surface area contributed by atoms with Gasteiger partial charge in [0, 0.05) is 50.7 Å². The number of H-pyrrole nitrogens is 1. The van der Waals surface area contributed by atoms with Gasteiger partial charge in [-0.25, -0.2) is 14.8 Å². The summed E-state index contributed by atoms with van der Waals surface area (Å²) in [6.07, 6.45) is 2.95. The highest BCUT2D eigenvalue weighted by Crippen LogP contribution is 2.30. The second-order valence-electron chi connectivity index (χ2n) is 9.71. The van der Waals surface area contributed by atoms with Gasteiger partial charge in [0.2, 0.25) is 0 Å². The van der Waals surface area contributed by atoms with Gasteiger partial charge in [-0.15, -0.1) is 0 Å². The van der Waals surface area contributed by atoms with Crippen LogP contribution in [0, 0.1) is 5.92 Å². The molecule has 2 saturated heterocycles. The van der Waals surface area contributed by atoms with E-state index in [4.69, 9.17) is 9.84 Å². The Morgan fingerprint density at radius 3 is 2.74 bits per heavy atom. The van der Waals surface area contributed by atoms with Gasteiger partial charge in [0.25, 0.3) is 0 Å². The standard InChI is InChI=1S/C25H33N7O3/c1-17(2)35-19-3-4-21-20(13-19)24(29-28-21)22-14-23(27-16-26-22)31-11-9-30(10-12-31)7-5-18-6-8-32(15-18)25(33)34/h3-4,13-14,16-18H,5-12,15H2,1-2H3,(H,28,29)(H,33,34)/t18-/m0/s1. The lowest BCUT2D eigenvalue weighted by Gasteiger charge is -2.35. The molecule has 2 aromatic heterocycles. The minimum atomic E-state index is -0.794. The van der Waals surface area contributed by atoms with Crippen LogP contribution in [0.1, 0.15) is 26.7 Å². The maximum absolute atomic E-state index is 11.1. The van der Waals surface area contributed by atoms with Crippen molar-refractivity contribution < 1.29 is 14.6 Å². The first-order valence-electron chi connectivity index (χ1n) is 12.4. The van der Waals surface area contributed by atoms with Gasteiger partial charge in [0.1, 0.15) is 23.6 Å². The van der Waals surface area contributed by atoms with Gasteiger partial charge < -0.3 is 19.6 Å². The molecule has 0 bridgehead atoms. The smallest absolute Gasteiger partial charge is 0.407 e. The summed E-state index contributed by atoms with van der Waals surface area (Å²) in [6, 6.07) is 7.95. The Hall–Kier alpha value is -3.40. The van der Waals surface area contributed by atoms with E-state index >= 15 is 0 Å². The third-order valence-electron chi connectivity index (χ3n) is 6.91. The summed E-state index contributed by atoms with van der Waals surface area (Å²) in [6.45, 7) is 10.1. The van der Waals surface area contributed by atoms with Crippen LogP contribution in [-0.4, -0.2) is 93.1 Å². The number of carbonyl (C=O) groups is 1. The highest BCUT2D eigenvalue weighted by Gasteiger charge is 2.27. The van der Waals surface area contributed by atoms with Crippen molar-refractivity contribution in [1.29, 1.82) is 0 Å². The molecule has 2 aliphatic heterocycles. The van der Waals surface area contributed by atoms with Crippen LogP contribution in [-0.2, 0) is 0 Å². The molecule has 0 aliphatic carbocycles. The number of likely N-dealkylation sites (tertiary alicyclic amines) is 1. The molecule has 186 valence electrons. The molecule has 2 N–H and O–H groups in total. The summed E-state index contributed by atoms with van der Waals surface area (Å²) in [5.74, 6) is 2.20. The molecular formula is C25H33N7O3. The number of aromatic nitrogens is 4. The maximum Gasteiger partial charge on any atom is 0.407 e. The van der Waals surface area contributed by atoms with Crippen LogP contribution in [0.3, 0.4) is 0 Å². The minimum Gasteiger partial charge on any atom is -0.491 e. The highest BCUT2D eigenvalue weighted by molar-refractivity contribution is 5.93. The van der Waals surface area contributed by atoms with Gasteiger partial charge in [-0.3, -0.25) is 10.00 Å². The van der Waals surface area contributed by atoms with Crippen LogP contribution >= 0.6 is 0 Å². The molecule has 1 amide bonds. The number of carboxylic acid groups (broad SMARTS) is 1. The fourth-order valence-electron chi connectivity index (χ4n) is 4.99. The van der Waals surface area contributed by atoms with E-state index in [1.807, 2.05) is 38.1 Å². The molecular weight excluding hydrogens is 446 g/mol. The van der Waals surface area contributed by atoms with Crippen LogP contribution in [0.15, 0.2) is 30.6 Å². The number of fused-ring (bicyclic) bond motifs is 1. The van der Waals surface area contributed by atoms with Crippen molar-refractivity contribution >= 4 is 22.8 Å². The fourth-order valence-corrected chi connectivity index (χ4v) is 4.99. The summed E-state index contributed by atoms with van der Waals surface area (Å²) in [7, 11) is 0. The van der Waals surface area contributed by atoms with Crippen LogP contribution in [0.2, 0.25) is 0 Å². The zero-order valence-corrected chi connectivity index (χ0v) is 20.4. The van der Waals surface area contributed by atoms with Gasteiger partial charge in [0.15, 0.2) is 0 Å². The van der Waals surface area contributed by atoms with Gasteiger partial charge in [0.05, 0.1) is 17.3 Å². The van der Waals surface area contributed by atoms with Crippen LogP contribution in [0.4, 0.5) is 10.6 Å². The monoisotopic (exact) mass is 479 g/mol. The van der Waals surface area contributed by atoms with Crippen molar-refractivity contribution in [3.8, 4) is 17.1 Å². The Bertz CT molecular complexity index is 1170. The normalized spacial score (nSPS) is 19.1. The molecule has 10 nitrogen and oxygen atoms in total. The number of rotatable bonds is 7. The number of anilines is 1. The number of hydrogen-bond acceptors (Lipinski definition) is 7. The number of ether oxygens (including phenoxy) is 1. The SMILES string of the molecule is CC(C)Oc1ccc2[nH]nc(-c3cc(N4CCN(CC[C@H]5CCN(C(=O)O)C5)CC4)ncn3)c2c1. The van der Waals surface area contributed by atoms with Crippen molar-refractivity contribution in [2.45, 2.75) is 32.8 Å². The predicted octanol–water partition coefficient (Wildman–Crippen LogP) is 3.32. The van der Waals surface area contributed by atoms with Crippen molar-refractivity contribution in [3.63, 3.8) is 0 Å². The molecule has 1 atom stereocenters. The third-order valence-corrected chi connectivity index (χ3v) is 6.91. The zero-order chi connectivity index (χ0) is 24.4. The Balaban J connectivity index is 1.21. The zero-order valence-electron chi connectivity index (χ0n) is 20.4. The molecule has 5 rings (SSSR count). The largest absolute Gasteiger partial charge is 0.491 e. The summed E-state index contributed by atoms with van der Waals surface area (Å²) in [4.78, 5) is 26.5. The minimum absolute atomic E-state index is 0.102. The average molecular weight is 480 g/mol. The Kier molecular flexibility index (Phi) is 6.72. The molecule has 1 aromatic carbocycles. The highest BCUT2D eigenvalue weighted by atomic mass is 16.5. The van der Waals surface area contributed by atoms with Gasteiger partial charge in [-0.1, -0.05) is 0 Å². The second kappa shape index (κ2) is 10.1. The summed E-state index contributed by atoms with van der Waals surface area (Å²) < 4.78 is 5.86. The van der Waals surface area contributed by atoms with E-state index in [2.05, 4.69) is 30.0 Å². The first-order valence-corrected chi connectivity index (χ1v) is 12.4. The number of amides is 1. The fraction of sp³-hybridized carbons (Fsp3) is 0.520. The topological polar surface area (TPSA) is 111 Å². The lowest BCUT2D eigenvalue weighted by Crippen LogP contribution is -2.47. The van der Waals surface area contributed by atoms with E-state index in [1.165, 1.54) is 4.90 Å². The lowest BCUT2D eigenvalue weighted by molar-refractivity contribution is 0.153. The number of piperazine rings is 1. The van der Waals surface area contributed by atoms with Gasteiger partial charge in [-0.2, -0.15) is 5.10 Å². The molecule has 0 unspecified atom stereocenters. The molecule has 0 radical (unpaired) electrons. The molecule has 35 heavy (non-hydrogen) atoms. The average Bonchev–Trinajstić information content (AvgIpc) is 3.50. The van der Waals surface area contributed by atoms with E-state index in [-0.39, 0.29) is 6.10 Å². The van der Waals surface area contributed by atoms with Crippen molar-refractivity contribution in [1.82, 2.24) is 30.0 Å². The number of nitrogens with zero attached hydrogens (tertiary/aromatic N) is 6. The predicted molar refractivity (Wildman–Crippen MR) is 134 cm³/mol. The Morgan fingerprint density at radius 2 is 2.00 bits per heavy atom. The van der Waals surface area contributed by atoms with Crippen LogP contribution in [0.25, 0.3) is 22.3 Å². The van der Waals surface area contributed by atoms with E-state index in [0.717, 1.165) is 79.4 Å². The third kappa shape index (κ3) is 5.32. The lowest BCUT2D eigenvalue weighted by atomic mass is 10.0. The molecule has 0 saturated carbocycles. The maximum atomic E-state index is 11.1. The molecule has 0 spiro atoms. The quantitative estimate of drug-likeness (QED) is 0.531. The number of aromatic amines is 1. The van der Waals surface area contributed by atoms with Crippen molar-refractivity contribution in [2.24, 2.45) is 5.92 Å². The molecule has 4 heterocycles. The Labute approximate surface area is 204 Å². The van der Waals surface area contributed by atoms with Crippen LogP contribution in [0.5, 0.6) is 5.75 Å². The number of nitrogens with one attached hydrogen (secondary N) is 1. The summed E-state index contributed by atoms with van der Waals surface area (Å²) in [5, 5.41) is 17.7. The van der Waals surface area contributed by atoms with Gasteiger partial charge >= 0.3 is 6.09 Å². The van der Waals surface area contributed by atoms with E-state index < -0.39 is 6.09 Å². The van der Waals surface area contributed by atoms with E-state index in [0.29, 0.717) is 19.0 Å². The molecule has 10 heteroatoms.